The lowest BCUT2D eigenvalue weighted by Crippen LogP contribution is -2.44. The molecule has 0 aromatic carbocycles. The molecule has 5 nitrogen and oxygen atoms in total. The minimum Gasteiger partial charge on any atom is -0.481 e. The van der Waals surface area contributed by atoms with Crippen LogP contribution in [0.4, 0.5) is 0 Å². The van der Waals surface area contributed by atoms with Crippen LogP contribution in [0.1, 0.15) is 78.6 Å². The van der Waals surface area contributed by atoms with Gasteiger partial charge in [0, 0.05) is 29.4 Å². The topological polar surface area (TPSA) is 69.6 Å². The number of piperidine rings is 1. The van der Waals surface area contributed by atoms with Crippen LogP contribution in [-0.4, -0.2) is 52.6 Å². The van der Waals surface area contributed by atoms with Crippen molar-refractivity contribution >= 4 is 32.2 Å². The summed E-state index contributed by atoms with van der Waals surface area (Å²) in [5.74, 6) is 2.42. The van der Waals surface area contributed by atoms with Crippen molar-refractivity contribution in [2.45, 2.75) is 90.4 Å². The lowest BCUT2D eigenvalue weighted by Gasteiger charge is -2.40. The number of thioether (sulfide) groups is 1. The predicted molar refractivity (Wildman–Crippen MR) is 141 cm³/mol. The van der Waals surface area contributed by atoms with E-state index in [1.807, 2.05) is 17.8 Å². The molecule has 4 unspecified atom stereocenters. The minimum absolute atomic E-state index is 0.0858. The highest BCUT2D eigenvalue weighted by Crippen LogP contribution is 2.46. The molecule has 0 spiro atoms. The fourth-order valence-electron chi connectivity index (χ4n) is 5.33. The molecule has 1 saturated heterocycles. The Labute approximate surface area is 206 Å². The fourth-order valence-corrected chi connectivity index (χ4v) is 8.29. The third kappa shape index (κ3) is 7.83. The second kappa shape index (κ2) is 13.3. The van der Waals surface area contributed by atoms with Crippen molar-refractivity contribution in [3.8, 4) is 0 Å². The molecular formula is C26H43N2O3PS. The largest absolute Gasteiger partial charge is 0.481 e. The van der Waals surface area contributed by atoms with Crippen molar-refractivity contribution in [3.05, 3.63) is 22.4 Å². The highest BCUT2D eigenvalue weighted by atomic mass is 32.2. The van der Waals surface area contributed by atoms with Crippen LogP contribution in [0.5, 0.6) is 0 Å². The Hall–Kier alpha value is -0.840. The maximum absolute atomic E-state index is 13.2. The lowest BCUT2D eigenvalue weighted by atomic mass is 9.69. The van der Waals surface area contributed by atoms with Gasteiger partial charge in [0.25, 0.3) is 5.91 Å². The monoisotopic (exact) mass is 494 g/mol. The first-order valence-corrected chi connectivity index (χ1v) is 15.1. The number of likely N-dealkylation sites (tertiary alicyclic amines) is 1. The highest BCUT2D eigenvalue weighted by Gasteiger charge is 2.34. The third-order valence-electron chi connectivity index (χ3n) is 7.37. The third-order valence-corrected chi connectivity index (χ3v) is 10.7. The zero-order valence-corrected chi connectivity index (χ0v) is 22.5. The second-order valence-electron chi connectivity index (χ2n) is 10.1. The summed E-state index contributed by atoms with van der Waals surface area (Å²) < 4.78 is 1.23. The van der Waals surface area contributed by atoms with Crippen LogP contribution in [0.2, 0.25) is 0 Å². The lowest BCUT2D eigenvalue weighted by molar-refractivity contribution is -0.138. The summed E-state index contributed by atoms with van der Waals surface area (Å²) in [4.78, 5) is 26.9. The summed E-state index contributed by atoms with van der Waals surface area (Å²) in [5, 5.41) is 12.5. The SMILES string of the molecule is CCCCC1CC(C(C)NC(=O)C2=C(SCCC)PC(N3CCCC(CC(=O)O)C3)C=C2)C1. The van der Waals surface area contributed by atoms with E-state index in [9.17, 15) is 14.7 Å². The quantitative estimate of drug-likeness (QED) is 0.335. The van der Waals surface area contributed by atoms with Crippen LogP contribution in [0, 0.1) is 17.8 Å². The fraction of sp³-hybridized carbons (Fsp3) is 0.769. The molecule has 1 amide bonds. The van der Waals surface area contributed by atoms with Crippen LogP contribution in [0.3, 0.4) is 0 Å². The molecule has 33 heavy (non-hydrogen) atoms. The predicted octanol–water partition coefficient (Wildman–Crippen LogP) is 5.82. The number of rotatable bonds is 12. The zero-order valence-electron chi connectivity index (χ0n) is 20.6. The molecule has 0 aromatic heterocycles. The summed E-state index contributed by atoms with van der Waals surface area (Å²) in [5.41, 5.74) is 0.857. The van der Waals surface area contributed by atoms with Gasteiger partial charge in [0.05, 0.1) is 5.57 Å². The van der Waals surface area contributed by atoms with Gasteiger partial charge in [-0.15, -0.1) is 11.8 Å². The number of nitrogens with one attached hydrogen (secondary N) is 1. The molecule has 0 radical (unpaired) electrons. The van der Waals surface area contributed by atoms with Gasteiger partial charge < -0.3 is 10.4 Å². The summed E-state index contributed by atoms with van der Waals surface area (Å²) >= 11 is 1.84. The first-order valence-electron chi connectivity index (χ1n) is 13.0. The molecule has 0 aromatic rings. The molecule has 186 valence electrons. The Bertz CT molecular complexity index is 735. The van der Waals surface area contributed by atoms with Gasteiger partial charge in [0.1, 0.15) is 0 Å². The van der Waals surface area contributed by atoms with Gasteiger partial charge in [0.2, 0.25) is 0 Å². The summed E-state index contributed by atoms with van der Waals surface area (Å²) in [7, 11) is 0.558. The number of nitrogens with zero attached hydrogens (tertiary/aromatic N) is 1. The Morgan fingerprint density at radius 2 is 2.06 bits per heavy atom. The van der Waals surface area contributed by atoms with Crippen LogP contribution in [-0.2, 0) is 9.59 Å². The van der Waals surface area contributed by atoms with Crippen molar-refractivity contribution in [2.24, 2.45) is 17.8 Å². The second-order valence-corrected chi connectivity index (χ2v) is 13.0. The number of carboxylic acids is 1. The Kier molecular flexibility index (Phi) is 10.8. The van der Waals surface area contributed by atoms with Crippen molar-refractivity contribution in [1.82, 2.24) is 10.2 Å². The number of amides is 1. The maximum atomic E-state index is 13.2. The van der Waals surface area contributed by atoms with Crippen molar-refractivity contribution < 1.29 is 14.7 Å². The average Bonchev–Trinajstić information content (AvgIpc) is 2.76. The van der Waals surface area contributed by atoms with E-state index >= 15 is 0 Å². The molecule has 0 bridgehead atoms. The summed E-state index contributed by atoms with van der Waals surface area (Å²) in [6.07, 6.45) is 14.1. The number of carboxylic acid groups (broad SMARTS) is 1. The molecule has 4 atom stereocenters. The molecule has 2 N–H and O–H groups in total. The number of carbonyl (C=O) groups excluding carboxylic acids is 1. The number of aliphatic carboxylic acids is 1. The van der Waals surface area contributed by atoms with Gasteiger partial charge >= 0.3 is 5.97 Å². The Morgan fingerprint density at radius 1 is 1.27 bits per heavy atom. The molecule has 2 fully saturated rings. The van der Waals surface area contributed by atoms with E-state index in [0.29, 0.717) is 20.3 Å². The molecule has 3 rings (SSSR count). The van der Waals surface area contributed by atoms with E-state index in [2.05, 4.69) is 37.1 Å². The van der Waals surface area contributed by atoms with Gasteiger partial charge in [-0.2, -0.15) is 0 Å². The maximum Gasteiger partial charge on any atom is 0.303 e. The van der Waals surface area contributed by atoms with Gasteiger partial charge in [0.15, 0.2) is 0 Å². The standard InChI is InChI=1S/C26H43N2O3PS/c1-4-6-8-19-14-21(15-19)18(3)27-25(31)22-10-11-23(32-26(22)33-13-5-2)28-12-7-9-20(17-28)16-24(29)30/h10-11,18-21,23,32H,4-9,12-17H2,1-3H3,(H,27,31)(H,29,30). The van der Waals surface area contributed by atoms with Crippen LogP contribution < -0.4 is 5.32 Å². The Morgan fingerprint density at radius 3 is 2.76 bits per heavy atom. The average molecular weight is 495 g/mol. The number of hydrogen-bond donors (Lipinski definition) is 2. The van der Waals surface area contributed by atoms with Crippen molar-refractivity contribution in [3.63, 3.8) is 0 Å². The molecular weight excluding hydrogens is 451 g/mol. The molecule has 1 aliphatic carbocycles. The van der Waals surface area contributed by atoms with E-state index < -0.39 is 5.97 Å². The number of hydrogen-bond acceptors (Lipinski definition) is 4. The summed E-state index contributed by atoms with van der Waals surface area (Å²) in [6, 6.07) is 0.230. The van der Waals surface area contributed by atoms with Gasteiger partial charge in [-0.25, -0.2) is 0 Å². The van der Waals surface area contributed by atoms with Gasteiger partial charge in [-0.1, -0.05) is 53.8 Å². The van der Waals surface area contributed by atoms with Gasteiger partial charge in [-0.3, -0.25) is 14.5 Å². The van der Waals surface area contributed by atoms with Crippen LogP contribution >= 0.6 is 20.3 Å². The summed E-state index contributed by atoms with van der Waals surface area (Å²) in [6.45, 7) is 8.47. The van der Waals surface area contributed by atoms with Crippen LogP contribution in [0.25, 0.3) is 0 Å². The first kappa shape index (κ1) is 26.8. The van der Waals surface area contributed by atoms with E-state index in [1.54, 1.807) is 0 Å². The zero-order chi connectivity index (χ0) is 23.8. The van der Waals surface area contributed by atoms with Gasteiger partial charge in [-0.05, 0) is 69.1 Å². The van der Waals surface area contributed by atoms with E-state index in [0.717, 1.165) is 49.6 Å². The minimum atomic E-state index is -0.696. The van der Waals surface area contributed by atoms with E-state index in [1.165, 1.54) is 36.8 Å². The smallest absolute Gasteiger partial charge is 0.303 e. The molecule has 2 aliphatic heterocycles. The number of unbranched alkanes of at least 4 members (excludes halogenated alkanes) is 1. The van der Waals surface area contributed by atoms with Crippen LogP contribution in [0.15, 0.2) is 22.4 Å². The number of carbonyl (C=O) groups is 2. The molecule has 1 saturated carbocycles. The van der Waals surface area contributed by atoms with Crippen molar-refractivity contribution in [2.75, 3.05) is 18.8 Å². The van der Waals surface area contributed by atoms with E-state index in [-0.39, 0.29) is 24.3 Å². The van der Waals surface area contributed by atoms with Crippen molar-refractivity contribution in [1.29, 1.82) is 0 Å². The van der Waals surface area contributed by atoms with E-state index in [4.69, 9.17) is 0 Å². The first-order chi connectivity index (χ1) is 15.9. The molecule has 7 heteroatoms. The normalized spacial score (nSPS) is 29.7. The highest BCUT2D eigenvalue weighted by molar-refractivity contribution is 8.08. The molecule has 3 aliphatic rings. The Balaban J connectivity index is 1.58. The molecule has 2 heterocycles.